The molecule has 28 heavy (non-hydrogen) atoms. The van der Waals surface area contributed by atoms with Gasteiger partial charge in [0.1, 0.15) is 12.7 Å². The zero-order valence-corrected chi connectivity index (χ0v) is 14.3. The van der Waals surface area contributed by atoms with Gasteiger partial charge in [-0.25, -0.2) is 4.79 Å². The molecular formula is C19H16F5NO3. The maximum atomic E-state index is 13.0. The van der Waals surface area contributed by atoms with E-state index in [0.717, 1.165) is 22.3 Å². The number of rotatable bonds is 5. The second-order valence-electron chi connectivity index (χ2n) is 6.34. The van der Waals surface area contributed by atoms with E-state index in [9.17, 15) is 26.7 Å². The molecule has 0 bridgehead atoms. The second kappa shape index (κ2) is 7.38. The van der Waals surface area contributed by atoms with Gasteiger partial charge in [-0.2, -0.15) is 22.0 Å². The summed E-state index contributed by atoms with van der Waals surface area (Å²) in [5.41, 5.74) is 3.79. The third-order valence-electron chi connectivity index (χ3n) is 4.58. The molecule has 0 heterocycles. The summed E-state index contributed by atoms with van der Waals surface area (Å²) in [5.74, 6) is -5.64. The van der Waals surface area contributed by atoms with Crippen LogP contribution in [-0.2, 0) is 4.74 Å². The molecule has 1 aliphatic carbocycles. The molecular weight excluding hydrogens is 385 g/mol. The molecule has 150 valence electrons. The van der Waals surface area contributed by atoms with E-state index in [1.807, 2.05) is 48.5 Å². The van der Waals surface area contributed by atoms with Gasteiger partial charge in [-0.15, -0.1) is 0 Å². The van der Waals surface area contributed by atoms with E-state index in [1.165, 1.54) is 0 Å². The van der Waals surface area contributed by atoms with E-state index >= 15 is 0 Å². The SMILES string of the molecule is O=C(NCC(O)C(F)(F)C(F)(F)F)OCC1c2ccccc2-c2ccccc21. The van der Waals surface area contributed by atoms with Crippen molar-refractivity contribution >= 4 is 6.09 Å². The van der Waals surface area contributed by atoms with Crippen LogP contribution in [0.2, 0.25) is 0 Å². The van der Waals surface area contributed by atoms with Crippen molar-refractivity contribution in [1.82, 2.24) is 5.32 Å². The Balaban J connectivity index is 1.61. The lowest BCUT2D eigenvalue weighted by molar-refractivity contribution is -0.311. The lowest BCUT2D eigenvalue weighted by atomic mass is 9.98. The highest BCUT2D eigenvalue weighted by atomic mass is 19.4. The number of hydrogen-bond acceptors (Lipinski definition) is 3. The molecule has 0 saturated carbocycles. The summed E-state index contributed by atoms with van der Waals surface area (Å²) < 4.78 is 67.5. The standard InChI is InChI=1S/C19H16F5NO3/c20-18(21,19(22,23)24)16(26)9-25-17(27)28-10-15-13-7-3-1-5-11(13)12-6-2-4-8-14(12)15/h1-8,15-16,26H,9-10H2,(H,25,27). The monoisotopic (exact) mass is 401 g/mol. The first kappa shape index (κ1) is 20.1. The van der Waals surface area contributed by atoms with Gasteiger partial charge < -0.3 is 15.2 Å². The fourth-order valence-corrected chi connectivity index (χ4v) is 3.15. The minimum absolute atomic E-state index is 0.133. The van der Waals surface area contributed by atoms with Crippen molar-refractivity contribution in [2.24, 2.45) is 0 Å². The molecule has 0 radical (unpaired) electrons. The number of benzene rings is 2. The van der Waals surface area contributed by atoms with E-state index in [2.05, 4.69) is 0 Å². The Labute approximate surface area is 156 Å². The maximum absolute atomic E-state index is 13.0. The summed E-state index contributed by atoms with van der Waals surface area (Å²) in [6.45, 7) is -1.44. The van der Waals surface area contributed by atoms with E-state index in [1.54, 1.807) is 5.32 Å². The third-order valence-corrected chi connectivity index (χ3v) is 4.58. The predicted octanol–water partition coefficient (Wildman–Crippen LogP) is 4.08. The maximum Gasteiger partial charge on any atom is 0.456 e. The van der Waals surface area contributed by atoms with Gasteiger partial charge in [0.15, 0.2) is 0 Å². The molecule has 1 amide bonds. The topological polar surface area (TPSA) is 58.6 Å². The summed E-state index contributed by atoms with van der Waals surface area (Å²) in [5, 5.41) is 10.8. The summed E-state index contributed by atoms with van der Waals surface area (Å²) in [4.78, 5) is 11.7. The smallest absolute Gasteiger partial charge is 0.449 e. The number of nitrogens with one attached hydrogen (secondary N) is 1. The van der Waals surface area contributed by atoms with Crippen molar-refractivity contribution in [1.29, 1.82) is 0 Å². The molecule has 1 aliphatic rings. The summed E-state index contributed by atoms with van der Waals surface area (Å²) in [7, 11) is 0. The average molecular weight is 401 g/mol. The third kappa shape index (κ3) is 3.66. The number of amides is 1. The van der Waals surface area contributed by atoms with Crippen LogP contribution < -0.4 is 5.32 Å². The van der Waals surface area contributed by atoms with Crippen molar-refractivity contribution in [3.63, 3.8) is 0 Å². The molecule has 2 N–H and O–H groups in total. The van der Waals surface area contributed by atoms with Crippen LogP contribution in [0.5, 0.6) is 0 Å². The number of aliphatic hydroxyl groups is 1. The van der Waals surface area contributed by atoms with Crippen LogP contribution in [0.3, 0.4) is 0 Å². The van der Waals surface area contributed by atoms with Crippen molar-refractivity contribution in [3.05, 3.63) is 59.7 Å². The number of carbonyl (C=O) groups excluding carboxylic acids is 1. The normalized spacial score (nSPS) is 14.9. The van der Waals surface area contributed by atoms with E-state index < -0.39 is 30.8 Å². The fraction of sp³-hybridized carbons (Fsp3) is 0.316. The van der Waals surface area contributed by atoms with Crippen molar-refractivity contribution < 1.29 is 36.6 Å². The van der Waals surface area contributed by atoms with Gasteiger partial charge in [0.2, 0.25) is 0 Å². The Kier molecular flexibility index (Phi) is 5.29. The number of fused-ring (bicyclic) bond motifs is 3. The Morgan fingerprint density at radius 2 is 1.50 bits per heavy atom. The van der Waals surface area contributed by atoms with Gasteiger partial charge in [-0.1, -0.05) is 48.5 Å². The number of aliphatic hydroxyl groups excluding tert-OH is 1. The van der Waals surface area contributed by atoms with Crippen LogP contribution in [0.4, 0.5) is 26.7 Å². The zero-order chi connectivity index (χ0) is 20.5. The molecule has 0 aromatic heterocycles. The van der Waals surface area contributed by atoms with Crippen LogP contribution >= 0.6 is 0 Å². The van der Waals surface area contributed by atoms with Gasteiger partial charge >= 0.3 is 18.2 Å². The van der Waals surface area contributed by atoms with Crippen LogP contribution in [0.25, 0.3) is 11.1 Å². The number of alkyl halides is 5. The summed E-state index contributed by atoms with van der Waals surface area (Å²) >= 11 is 0. The molecule has 9 heteroatoms. The quantitative estimate of drug-likeness (QED) is 0.743. The van der Waals surface area contributed by atoms with E-state index in [-0.39, 0.29) is 12.5 Å². The number of ether oxygens (including phenoxy) is 1. The zero-order valence-electron chi connectivity index (χ0n) is 14.3. The molecule has 3 rings (SSSR count). The first-order valence-corrected chi connectivity index (χ1v) is 8.34. The Morgan fingerprint density at radius 3 is 2.00 bits per heavy atom. The Bertz CT molecular complexity index is 823. The fourth-order valence-electron chi connectivity index (χ4n) is 3.15. The number of halogens is 5. The minimum atomic E-state index is -5.92. The highest BCUT2D eigenvalue weighted by Crippen LogP contribution is 2.44. The van der Waals surface area contributed by atoms with Crippen LogP contribution in [-0.4, -0.2) is 42.6 Å². The van der Waals surface area contributed by atoms with Crippen molar-refractivity contribution in [3.8, 4) is 11.1 Å². The number of alkyl carbamates (subject to hydrolysis) is 1. The largest absolute Gasteiger partial charge is 0.456 e. The van der Waals surface area contributed by atoms with Crippen LogP contribution in [0, 0.1) is 0 Å². The Morgan fingerprint density at radius 1 is 1.00 bits per heavy atom. The van der Waals surface area contributed by atoms with Gasteiger partial charge in [0.25, 0.3) is 0 Å². The van der Waals surface area contributed by atoms with Crippen molar-refractivity contribution in [2.75, 3.05) is 13.2 Å². The minimum Gasteiger partial charge on any atom is -0.449 e. The second-order valence-corrected chi connectivity index (χ2v) is 6.34. The lowest BCUT2D eigenvalue weighted by Crippen LogP contribution is -2.51. The first-order valence-electron chi connectivity index (χ1n) is 8.34. The average Bonchev–Trinajstić information content (AvgIpc) is 2.97. The molecule has 0 fully saturated rings. The van der Waals surface area contributed by atoms with Gasteiger partial charge in [0.05, 0.1) is 6.54 Å². The molecule has 4 nitrogen and oxygen atoms in total. The van der Waals surface area contributed by atoms with Crippen molar-refractivity contribution in [2.45, 2.75) is 24.1 Å². The van der Waals surface area contributed by atoms with Crippen LogP contribution in [0.1, 0.15) is 17.0 Å². The summed E-state index contributed by atoms with van der Waals surface area (Å²) in [6, 6.07) is 15.0. The van der Waals surface area contributed by atoms with Gasteiger partial charge in [-0.3, -0.25) is 0 Å². The molecule has 2 aromatic rings. The molecule has 0 saturated heterocycles. The molecule has 2 aromatic carbocycles. The first-order chi connectivity index (χ1) is 13.1. The molecule has 1 unspecified atom stereocenters. The lowest BCUT2D eigenvalue weighted by Gasteiger charge is -2.24. The van der Waals surface area contributed by atoms with Crippen LogP contribution in [0.15, 0.2) is 48.5 Å². The van der Waals surface area contributed by atoms with E-state index in [4.69, 9.17) is 9.84 Å². The van der Waals surface area contributed by atoms with Gasteiger partial charge in [0, 0.05) is 5.92 Å². The number of carbonyl (C=O) groups is 1. The highest BCUT2D eigenvalue weighted by Gasteiger charge is 2.62. The highest BCUT2D eigenvalue weighted by molar-refractivity contribution is 5.79. The Hall–Kier alpha value is -2.68. The predicted molar refractivity (Wildman–Crippen MR) is 90.1 cm³/mol. The number of hydrogen-bond donors (Lipinski definition) is 2. The summed E-state index contributed by atoms with van der Waals surface area (Å²) in [6.07, 6.45) is -10.2. The van der Waals surface area contributed by atoms with E-state index in [0.29, 0.717) is 0 Å². The molecule has 0 aliphatic heterocycles. The van der Waals surface area contributed by atoms with Gasteiger partial charge in [-0.05, 0) is 22.3 Å². The molecule has 0 spiro atoms. The molecule has 1 atom stereocenters.